The van der Waals surface area contributed by atoms with Crippen molar-refractivity contribution in [1.29, 1.82) is 0 Å². The second kappa shape index (κ2) is 4.97. The Bertz CT molecular complexity index is 555. The van der Waals surface area contributed by atoms with E-state index in [1.54, 1.807) is 0 Å². The zero-order chi connectivity index (χ0) is 13.5. The van der Waals surface area contributed by atoms with E-state index >= 15 is 0 Å². The number of fused-ring (bicyclic) bond motifs is 3. The molecule has 0 aliphatic carbocycles. The Labute approximate surface area is 117 Å². The van der Waals surface area contributed by atoms with E-state index in [4.69, 9.17) is 11.6 Å². The summed E-state index contributed by atoms with van der Waals surface area (Å²) >= 11 is 5.56. The normalized spacial score (nSPS) is 30.5. The first-order valence-corrected chi connectivity index (χ1v) is 8.13. The van der Waals surface area contributed by atoms with Gasteiger partial charge in [-0.25, -0.2) is 23.1 Å². The largest absolute Gasteiger partial charge is 0.302 e. The first kappa shape index (κ1) is 13.2. The van der Waals surface area contributed by atoms with Crippen LogP contribution in [0.4, 0.5) is 0 Å². The molecule has 1 aromatic heterocycles. The average molecular weight is 303 g/mol. The van der Waals surface area contributed by atoms with Crippen molar-refractivity contribution in [2.24, 2.45) is 5.92 Å². The molecule has 2 bridgehead atoms. The molecular weight excluding hydrogens is 288 g/mol. The Morgan fingerprint density at radius 3 is 2.42 bits per heavy atom. The molecule has 0 amide bonds. The van der Waals surface area contributed by atoms with E-state index in [-0.39, 0.29) is 16.2 Å². The molecule has 1 unspecified atom stereocenters. The molecule has 6 nitrogen and oxygen atoms in total. The maximum atomic E-state index is 12.2. The number of hydrogen-bond acceptors (Lipinski definition) is 5. The van der Waals surface area contributed by atoms with E-state index in [9.17, 15) is 8.42 Å². The molecule has 3 saturated heterocycles. The van der Waals surface area contributed by atoms with Crippen molar-refractivity contribution < 1.29 is 8.42 Å². The zero-order valence-corrected chi connectivity index (χ0v) is 11.9. The lowest BCUT2D eigenvalue weighted by Crippen LogP contribution is -2.57. The zero-order valence-electron chi connectivity index (χ0n) is 10.3. The highest BCUT2D eigenvalue weighted by Crippen LogP contribution is 2.28. The van der Waals surface area contributed by atoms with Crippen molar-refractivity contribution in [1.82, 2.24) is 19.6 Å². The molecule has 1 N–H and O–H groups in total. The van der Waals surface area contributed by atoms with Crippen LogP contribution in [0.2, 0.25) is 5.28 Å². The molecule has 0 aromatic carbocycles. The van der Waals surface area contributed by atoms with Crippen LogP contribution in [-0.2, 0) is 10.0 Å². The molecule has 3 aliphatic heterocycles. The molecule has 1 aromatic rings. The molecule has 1 atom stereocenters. The summed E-state index contributed by atoms with van der Waals surface area (Å²) in [5.74, 6) is 0.438. The smallest absolute Gasteiger partial charge is 0.243 e. The van der Waals surface area contributed by atoms with E-state index in [1.807, 2.05) is 0 Å². The predicted molar refractivity (Wildman–Crippen MR) is 70.3 cm³/mol. The summed E-state index contributed by atoms with van der Waals surface area (Å²) in [5.41, 5.74) is 0. The second-order valence-electron chi connectivity index (χ2n) is 5.05. The maximum Gasteiger partial charge on any atom is 0.243 e. The lowest BCUT2D eigenvalue weighted by Gasteiger charge is -2.44. The highest BCUT2D eigenvalue weighted by molar-refractivity contribution is 7.89. The molecule has 0 saturated carbocycles. The summed E-state index contributed by atoms with van der Waals surface area (Å²) < 4.78 is 27.2. The number of aromatic nitrogens is 2. The number of halogens is 1. The second-order valence-corrected chi connectivity index (χ2v) is 7.11. The van der Waals surface area contributed by atoms with Gasteiger partial charge >= 0.3 is 0 Å². The van der Waals surface area contributed by atoms with Crippen LogP contribution in [0, 0.1) is 5.92 Å². The lowest BCUT2D eigenvalue weighted by molar-refractivity contribution is 0.0827. The Morgan fingerprint density at radius 2 is 1.89 bits per heavy atom. The van der Waals surface area contributed by atoms with E-state index in [0.717, 1.165) is 32.5 Å². The Balaban J connectivity index is 1.76. The minimum atomic E-state index is -3.56. The summed E-state index contributed by atoms with van der Waals surface area (Å²) in [6.45, 7) is 2.94. The predicted octanol–water partition coefficient (Wildman–Crippen LogP) is 0.502. The lowest BCUT2D eigenvalue weighted by atomic mass is 9.85. The van der Waals surface area contributed by atoms with Crippen LogP contribution in [0.1, 0.15) is 12.8 Å². The van der Waals surface area contributed by atoms with Gasteiger partial charge in [-0.2, -0.15) is 0 Å². The van der Waals surface area contributed by atoms with Crippen LogP contribution in [0.5, 0.6) is 0 Å². The molecular formula is C11H15ClN4O2S. The van der Waals surface area contributed by atoms with E-state index in [1.165, 1.54) is 12.4 Å². The average Bonchev–Trinajstić information content (AvgIpc) is 2.40. The van der Waals surface area contributed by atoms with Crippen LogP contribution in [-0.4, -0.2) is 49.0 Å². The summed E-state index contributed by atoms with van der Waals surface area (Å²) in [7, 11) is -3.56. The van der Waals surface area contributed by atoms with Crippen molar-refractivity contribution in [2.75, 3.05) is 19.6 Å². The van der Waals surface area contributed by atoms with Gasteiger partial charge < -0.3 is 4.90 Å². The van der Waals surface area contributed by atoms with Gasteiger partial charge in [0.05, 0.1) is 12.4 Å². The van der Waals surface area contributed by atoms with Gasteiger partial charge in [-0.1, -0.05) is 0 Å². The van der Waals surface area contributed by atoms with Crippen molar-refractivity contribution in [2.45, 2.75) is 23.8 Å². The number of piperidine rings is 3. The van der Waals surface area contributed by atoms with Gasteiger partial charge in [-0.15, -0.1) is 0 Å². The van der Waals surface area contributed by atoms with Crippen molar-refractivity contribution in [3.63, 3.8) is 0 Å². The summed E-state index contributed by atoms with van der Waals surface area (Å²) in [6, 6.07) is -0.0109. The van der Waals surface area contributed by atoms with E-state index in [2.05, 4.69) is 19.6 Å². The van der Waals surface area contributed by atoms with Crippen LogP contribution in [0.25, 0.3) is 0 Å². The van der Waals surface area contributed by atoms with Gasteiger partial charge in [0.25, 0.3) is 0 Å². The highest BCUT2D eigenvalue weighted by atomic mass is 35.5. The van der Waals surface area contributed by atoms with Gasteiger partial charge in [-0.3, -0.25) is 0 Å². The van der Waals surface area contributed by atoms with Gasteiger partial charge in [0.2, 0.25) is 15.3 Å². The third kappa shape index (κ3) is 2.74. The molecule has 104 valence electrons. The molecule has 4 rings (SSSR count). The molecule has 0 radical (unpaired) electrons. The minimum Gasteiger partial charge on any atom is -0.302 e. The van der Waals surface area contributed by atoms with Gasteiger partial charge in [0.1, 0.15) is 4.90 Å². The minimum absolute atomic E-state index is 0.0109. The van der Waals surface area contributed by atoms with E-state index in [0.29, 0.717) is 5.92 Å². The Hall–Kier alpha value is -0.760. The fourth-order valence-corrected chi connectivity index (χ4v) is 4.09. The van der Waals surface area contributed by atoms with Crippen molar-refractivity contribution in [3.05, 3.63) is 17.7 Å². The summed E-state index contributed by atoms with van der Waals surface area (Å²) in [6.07, 6.45) is 4.59. The Morgan fingerprint density at radius 1 is 1.26 bits per heavy atom. The highest BCUT2D eigenvalue weighted by Gasteiger charge is 2.36. The quantitative estimate of drug-likeness (QED) is 0.823. The van der Waals surface area contributed by atoms with Crippen LogP contribution >= 0.6 is 11.6 Å². The molecule has 3 aliphatic rings. The van der Waals surface area contributed by atoms with Crippen LogP contribution in [0.3, 0.4) is 0 Å². The van der Waals surface area contributed by atoms with Crippen molar-refractivity contribution >= 4 is 21.6 Å². The number of rotatable bonds is 3. The molecule has 4 heterocycles. The SMILES string of the molecule is O=S(=O)(NC1CN2CCC1CC2)c1cnc(Cl)nc1. The topological polar surface area (TPSA) is 75.2 Å². The van der Waals surface area contributed by atoms with Crippen molar-refractivity contribution in [3.8, 4) is 0 Å². The third-order valence-corrected chi connectivity index (χ3v) is 5.51. The fraction of sp³-hybridized carbons (Fsp3) is 0.636. The van der Waals surface area contributed by atoms with Gasteiger partial charge in [-0.05, 0) is 43.5 Å². The first-order chi connectivity index (χ1) is 9.04. The molecule has 19 heavy (non-hydrogen) atoms. The fourth-order valence-electron chi connectivity index (χ4n) is 2.81. The monoisotopic (exact) mass is 302 g/mol. The third-order valence-electron chi connectivity index (χ3n) is 3.87. The molecule has 8 heteroatoms. The first-order valence-electron chi connectivity index (χ1n) is 6.27. The van der Waals surface area contributed by atoms with Gasteiger partial charge in [0.15, 0.2) is 0 Å². The maximum absolute atomic E-state index is 12.2. The number of nitrogens with zero attached hydrogens (tertiary/aromatic N) is 3. The number of nitrogens with one attached hydrogen (secondary N) is 1. The Kier molecular flexibility index (Phi) is 3.46. The number of hydrogen-bond donors (Lipinski definition) is 1. The van der Waals surface area contributed by atoms with Gasteiger partial charge in [0, 0.05) is 12.6 Å². The number of sulfonamides is 1. The van der Waals surface area contributed by atoms with Crippen LogP contribution < -0.4 is 4.72 Å². The summed E-state index contributed by atoms with van der Waals surface area (Å²) in [5, 5.41) is 0.0433. The molecule has 0 spiro atoms. The standard InChI is InChI=1S/C11H15ClN4O2S/c12-11-13-5-9(6-14-11)19(17,18)15-10-7-16-3-1-8(10)2-4-16/h5-6,8,10,15H,1-4,7H2. The summed E-state index contributed by atoms with van der Waals surface area (Å²) in [4.78, 5) is 9.78. The molecule has 3 fully saturated rings. The van der Waals surface area contributed by atoms with E-state index < -0.39 is 10.0 Å². The van der Waals surface area contributed by atoms with Crippen LogP contribution in [0.15, 0.2) is 17.3 Å².